The largest absolute Gasteiger partial charge is 0.452 e. The number of amides is 1. The summed E-state index contributed by atoms with van der Waals surface area (Å²) in [4.78, 5) is 24.2. The maximum atomic E-state index is 14.3. The Hall–Kier alpha value is -2.82. The van der Waals surface area contributed by atoms with Crippen LogP contribution in [0.2, 0.25) is 0 Å². The van der Waals surface area contributed by atoms with Gasteiger partial charge in [0, 0.05) is 13.1 Å². The number of nitrogens with zero attached hydrogens (tertiary/aromatic N) is 1. The molecular weight excluding hydrogens is 451 g/mol. The van der Waals surface area contributed by atoms with Gasteiger partial charge in [0.15, 0.2) is 6.61 Å². The number of benzene rings is 2. The van der Waals surface area contributed by atoms with Gasteiger partial charge in [0.25, 0.3) is 5.91 Å². The number of morpholine rings is 1. The molecule has 3 rings (SSSR count). The minimum absolute atomic E-state index is 0.0942. The van der Waals surface area contributed by atoms with E-state index in [-0.39, 0.29) is 37.9 Å². The van der Waals surface area contributed by atoms with Gasteiger partial charge in [0.2, 0.25) is 10.0 Å². The molecule has 1 heterocycles. The minimum Gasteiger partial charge on any atom is -0.452 e. The molecule has 1 saturated heterocycles. The highest BCUT2D eigenvalue weighted by atomic mass is 32.2. The van der Waals surface area contributed by atoms with Crippen LogP contribution in [0, 0.1) is 5.82 Å². The summed E-state index contributed by atoms with van der Waals surface area (Å²) in [7, 11) is -4.14. The van der Waals surface area contributed by atoms with Crippen LogP contribution in [0.1, 0.15) is 41.7 Å². The van der Waals surface area contributed by atoms with Gasteiger partial charge in [-0.1, -0.05) is 43.7 Å². The number of ether oxygens (including phenoxy) is 2. The van der Waals surface area contributed by atoms with E-state index in [1.54, 1.807) is 0 Å². The fourth-order valence-corrected chi connectivity index (χ4v) is 5.00. The zero-order valence-corrected chi connectivity index (χ0v) is 19.1. The van der Waals surface area contributed by atoms with E-state index in [4.69, 9.17) is 9.47 Å². The van der Waals surface area contributed by atoms with Gasteiger partial charge in [-0.25, -0.2) is 17.6 Å². The van der Waals surface area contributed by atoms with Crippen molar-refractivity contribution in [3.63, 3.8) is 0 Å². The minimum atomic E-state index is -4.14. The van der Waals surface area contributed by atoms with Crippen LogP contribution in [0.5, 0.6) is 0 Å². The zero-order valence-electron chi connectivity index (χ0n) is 18.3. The van der Waals surface area contributed by atoms with Crippen molar-refractivity contribution in [2.24, 2.45) is 0 Å². The van der Waals surface area contributed by atoms with E-state index in [0.717, 1.165) is 34.5 Å². The second-order valence-corrected chi connectivity index (χ2v) is 9.46. The molecule has 1 aliphatic rings. The lowest BCUT2D eigenvalue weighted by Crippen LogP contribution is -2.41. The van der Waals surface area contributed by atoms with Crippen LogP contribution in [0.4, 0.5) is 4.39 Å². The van der Waals surface area contributed by atoms with Crippen LogP contribution in [-0.4, -0.2) is 57.5 Å². The average Bonchev–Trinajstić information content (AvgIpc) is 2.83. The molecule has 1 unspecified atom stereocenters. The molecule has 1 N–H and O–H groups in total. The van der Waals surface area contributed by atoms with Crippen molar-refractivity contribution in [1.29, 1.82) is 0 Å². The summed E-state index contributed by atoms with van der Waals surface area (Å²) in [5, 5.41) is 2.84. The predicted octanol–water partition coefficient (Wildman–Crippen LogP) is 2.66. The molecule has 2 aromatic carbocycles. The molecule has 10 heteroatoms. The van der Waals surface area contributed by atoms with Gasteiger partial charge in [-0.15, -0.1) is 0 Å². The Bertz CT molecular complexity index is 1070. The molecule has 0 bridgehead atoms. The van der Waals surface area contributed by atoms with E-state index in [0.29, 0.717) is 6.42 Å². The molecule has 0 aliphatic carbocycles. The van der Waals surface area contributed by atoms with Crippen molar-refractivity contribution in [2.45, 2.75) is 30.7 Å². The quantitative estimate of drug-likeness (QED) is 0.556. The van der Waals surface area contributed by atoms with Crippen molar-refractivity contribution < 1.29 is 31.9 Å². The number of carbonyl (C=O) groups is 2. The zero-order chi connectivity index (χ0) is 23.8. The molecule has 0 radical (unpaired) electrons. The summed E-state index contributed by atoms with van der Waals surface area (Å²) in [6.45, 7) is 2.06. The first-order chi connectivity index (χ1) is 15.8. The first-order valence-electron chi connectivity index (χ1n) is 10.7. The van der Waals surface area contributed by atoms with Crippen molar-refractivity contribution in [3.8, 4) is 0 Å². The standard InChI is InChI=1S/C23H27FN2O6S/c1-2-6-20(17-7-4-3-5-8-17)25-22(27)16-32-23(28)18-9-10-19(24)21(15-18)33(29,30)26-11-13-31-14-12-26/h3-5,7-10,15,20H,2,6,11-14,16H2,1H3,(H,25,27). The molecule has 2 aromatic rings. The molecule has 178 valence electrons. The van der Waals surface area contributed by atoms with Gasteiger partial charge in [-0.3, -0.25) is 4.79 Å². The van der Waals surface area contributed by atoms with Gasteiger partial charge < -0.3 is 14.8 Å². The van der Waals surface area contributed by atoms with Crippen LogP contribution in [0.15, 0.2) is 53.4 Å². The van der Waals surface area contributed by atoms with Crippen molar-refractivity contribution in [3.05, 3.63) is 65.5 Å². The van der Waals surface area contributed by atoms with Crippen molar-refractivity contribution in [2.75, 3.05) is 32.9 Å². The number of nitrogens with one attached hydrogen (secondary N) is 1. The van der Waals surface area contributed by atoms with Crippen LogP contribution >= 0.6 is 0 Å². The van der Waals surface area contributed by atoms with Crippen LogP contribution in [0.25, 0.3) is 0 Å². The number of hydrogen-bond acceptors (Lipinski definition) is 6. The van der Waals surface area contributed by atoms with Gasteiger partial charge in [-0.05, 0) is 30.2 Å². The van der Waals surface area contributed by atoms with Crippen LogP contribution in [-0.2, 0) is 24.3 Å². The van der Waals surface area contributed by atoms with Crippen molar-refractivity contribution in [1.82, 2.24) is 9.62 Å². The SMILES string of the molecule is CCCC(NC(=O)COC(=O)c1ccc(F)c(S(=O)(=O)N2CCOCC2)c1)c1ccccc1. The molecule has 0 saturated carbocycles. The summed E-state index contributed by atoms with van der Waals surface area (Å²) in [5.74, 6) is -2.38. The summed E-state index contributed by atoms with van der Waals surface area (Å²) < 4.78 is 51.2. The third-order valence-electron chi connectivity index (χ3n) is 5.20. The second kappa shape index (κ2) is 11.4. The normalized spacial score (nSPS) is 15.6. The fraction of sp³-hybridized carbons (Fsp3) is 0.391. The van der Waals surface area contributed by atoms with E-state index in [1.807, 2.05) is 37.3 Å². The molecule has 1 atom stereocenters. The number of rotatable bonds is 9. The monoisotopic (exact) mass is 478 g/mol. The topological polar surface area (TPSA) is 102 Å². The molecule has 1 aliphatic heterocycles. The Morgan fingerprint density at radius 1 is 1.15 bits per heavy atom. The predicted molar refractivity (Wildman–Crippen MR) is 118 cm³/mol. The van der Waals surface area contributed by atoms with E-state index in [9.17, 15) is 22.4 Å². The molecule has 1 fully saturated rings. The van der Waals surface area contributed by atoms with Gasteiger partial charge >= 0.3 is 5.97 Å². The highest BCUT2D eigenvalue weighted by Gasteiger charge is 2.30. The Kier molecular flexibility index (Phi) is 8.54. The van der Waals surface area contributed by atoms with Gasteiger partial charge in [-0.2, -0.15) is 4.31 Å². The second-order valence-electron chi connectivity index (χ2n) is 7.56. The Balaban J connectivity index is 1.65. The molecule has 33 heavy (non-hydrogen) atoms. The lowest BCUT2D eigenvalue weighted by Gasteiger charge is -2.26. The Labute approximate surface area is 192 Å². The van der Waals surface area contributed by atoms with Gasteiger partial charge in [0.1, 0.15) is 10.7 Å². The van der Waals surface area contributed by atoms with E-state index >= 15 is 0 Å². The molecule has 0 aromatic heterocycles. The lowest BCUT2D eigenvalue weighted by atomic mass is 10.0. The maximum absolute atomic E-state index is 14.3. The average molecular weight is 479 g/mol. The Morgan fingerprint density at radius 3 is 2.52 bits per heavy atom. The molecule has 0 spiro atoms. The summed E-state index contributed by atoms with van der Waals surface area (Å²) >= 11 is 0. The third kappa shape index (κ3) is 6.37. The number of sulfonamides is 1. The van der Waals surface area contributed by atoms with Crippen LogP contribution in [0.3, 0.4) is 0 Å². The highest BCUT2D eigenvalue weighted by molar-refractivity contribution is 7.89. The van der Waals surface area contributed by atoms with Crippen molar-refractivity contribution >= 4 is 21.9 Å². The van der Waals surface area contributed by atoms with E-state index < -0.39 is 39.2 Å². The summed E-state index contributed by atoms with van der Waals surface area (Å²) in [6, 6.07) is 12.2. The summed E-state index contributed by atoms with van der Waals surface area (Å²) in [5.41, 5.74) is 0.778. The number of hydrogen-bond donors (Lipinski definition) is 1. The Morgan fingerprint density at radius 2 is 1.85 bits per heavy atom. The molecular formula is C23H27FN2O6S. The first kappa shape index (κ1) is 24.8. The van der Waals surface area contributed by atoms with Gasteiger partial charge in [0.05, 0.1) is 24.8 Å². The maximum Gasteiger partial charge on any atom is 0.338 e. The fourth-order valence-electron chi connectivity index (χ4n) is 3.50. The number of halogens is 1. The smallest absolute Gasteiger partial charge is 0.338 e. The first-order valence-corrected chi connectivity index (χ1v) is 12.2. The third-order valence-corrected chi connectivity index (χ3v) is 7.12. The number of esters is 1. The molecule has 8 nitrogen and oxygen atoms in total. The van der Waals surface area contributed by atoms with Crippen LogP contribution < -0.4 is 5.32 Å². The summed E-state index contributed by atoms with van der Waals surface area (Å²) in [6.07, 6.45) is 1.56. The molecule has 1 amide bonds. The van der Waals surface area contributed by atoms with E-state index in [1.165, 1.54) is 0 Å². The number of carbonyl (C=O) groups excluding carboxylic acids is 2. The van der Waals surface area contributed by atoms with E-state index in [2.05, 4.69) is 5.32 Å². The lowest BCUT2D eigenvalue weighted by molar-refractivity contribution is -0.125. The highest BCUT2D eigenvalue weighted by Crippen LogP contribution is 2.22.